The van der Waals surface area contributed by atoms with Gasteiger partial charge in [-0.15, -0.1) is 5.10 Å². The van der Waals surface area contributed by atoms with E-state index >= 15 is 0 Å². The van der Waals surface area contributed by atoms with Crippen molar-refractivity contribution >= 4 is 34.5 Å². The molecule has 4 rings (SSSR count). The van der Waals surface area contributed by atoms with Gasteiger partial charge in [-0.05, 0) is 42.8 Å². The van der Waals surface area contributed by atoms with Gasteiger partial charge in [0.25, 0.3) is 5.56 Å². The van der Waals surface area contributed by atoms with Crippen molar-refractivity contribution in [1.82, 2.24) is 14.6 Å². The summed E-state index contributed by atoms with van der Waals surface area (Å²) in [6, 6.07) is 9.25. The van der Waals surface area contributed by atoms with Crippen LogP contribution in [-0.4, -0.2) is 28.8 Å². The van der Waals surface area contributed by atoms with Gasteiger partial charge in [0.1, 0.15) is 16.1 Å². The maximum Gasteiger partial charge on any atom is 0.291 e. The summed E-state index contributed by atoms with van der Waals surface area (Å²) in [7, 11) is 3.18. The predicted octanol–water partition coefficient (Wildman–Crippen LogP) is 2.79. The van der Waals surface area contributed by atoms with Gasteiger partial charge >= 0.3 is 0 Å². The minimum atomic E-state index is -0.215. The normalized spacial score (nSPS) is 12.3. The number of ether oxygens (including phenoxy) is 2. The first-order valence-electron chi connectivity index (χ1n) is 8.45. The zero-order valence-corrected chi connectivity index (χ0v) is 16.3. The quantitative estimate of drug-likeness (QED) is 0.517. The summed E-state index contributed by atoms with van der Waals surface area (Å²) in [5.74, 6) is 3.18. The molecule has 0 spiro atoms. The molecule has 1 aromatic carbocycles. The standard InChI is InChI=1S/C20H17N3O4S/c1-12-4-7-14(27-12)11-17-19(24)23-20(28-17)21-18(22-23)9-6-13-5-8-15(25-2)16(10-13)26-3/h4-11H,1-3H3. The molecule has 3 aromatic heterocycles. The Morgan fingerprint density at radius 1 is 1.11 bits per heavy atom. The SMILES string of the molecule is COc1ccc(C=Cc2nc3sc(=Cc4ccc(C)o4)c(=O)n3n2)cc1OC. The lowest BCUT2D eigenvalue weighted by Gasteiger charge is -2.07. The number of benzene rings is 1. The minimum Gasteiger partial charge on any atom is -0.493 e. The fraction of sp³-hybridized carbons (Fsp3) is 0.150. The van der Waals surface area contributed by atoms with Crippen LogP contribution in [0.1, 0.15) is 22.9 Å². The molecule has 8 heteroatoms. The second kappa shape index (κ2) is 7.32. The minimum absolute atomic E-state index is 0.215. The van der Waals surface area contributed by atoms with E-state index in [4.69, 9.17) is 13.9 Å². The van der Waals surface area contributed by atoms with Crippen LogP contribution >= 0.6 is 11.3 Å². The van der Waals surface area contributed by atoms with Gasteiger partial charge < -0.3 is 13.9 Å². The molecule has 0 N–H and O–H groups in total. The lowest BCUT2D eigenvalue weighted by molar-refractivity contribution is 0.355. The Morgan fingerprint density at radius 3 is 2.61 bits per heavy atom. The maximum absolute atomic E-state index is 12.5. The lowest BCUT2D eigenvalue weighted by atomic mass is 10.2. The molecule has 0 saturated carbocycles. The van der Waals surface area contributed by atoms with Crippen molar-refractivity contribution in [3.63, 3.8) is 0 Å². The van der Waals surface area contributed by atoms with Crippen molar-refractivity contribution in [2.45, 2.75) is 6.92 Å². The van der Waals surface area contributed by atoms with Crippen LogP contribution in [0.5, 0.6) is 11.5 Å². The average Bonchev–Trinajstić information content (AvgIpc) is 3.37. The van der Waals surface area contributed by atoms with E-state index in [0.717, 1.165) is 11.3 Å². The first-order chi connectivity index (χ1) is 13.6. The van der Waals surface area contributed by atoms with Gasteiger partial charge in [0.15, 0.2) is 17.3 Å². The van der Waals surface area contributed by atoms with Gasteiger partial charge in [-0.25, -0.2) is 0 Å². The first kappa shape index (κ1) is 18.0. The van der Waals surface area contributed by atoms with Crippen LogP contribution in [0, 0.1) is 6.92 Å². The van der Waals surface area contributed by atoms with Crippen LogP contribution in [0.4, 0.5) is 0 Å². The van der Waals surface area contributed by atoms with Gasteiger partial charge in [0.2, 0.25) is 4.96 Å². The van der Waals surface area contributed by atoms with Crippen molar-refractivity contribution in [1.29, 1.82) is 0 Å². The van der Waals surface area contributed by atoms with E-state index in [0.29, 0.717) is 32.6 Å². The summed E-state index contributed by atoms with van der Waals surface area (Å²) in [6.07, 6.45) is 5.31. The summed E-state index contributed by atoms with van der Waals surface area (Å²) >= 11 is 1.27. The van der Waals surface area contributed by atoms with E-state index in [2.05, 4.69) is 10.1 Å². The van der Waals surface area contributed by atoms with Crippen molar-refractivity contribution in [2.24, 2.45) is 0 Å². The fourth-order valence-electron chi connectivity index (χ4n) is 2.71. The second-order valence-electron chi connectivity index (χ2n) is 5.98. The Labute approximate surface area is 164 Å². The summed E-state index contributed by atoms with van der Waals surface area (Å²) in [5.41, 5.74) is 0.688. The third-order valence-electron chi connectivity index (χ3n) is 4.07. The number of thiazole rings is 1. The van der Waals surface area contributed by atoms with Gasteiger partial charge in [0, 0.05) is 6.08 Å². The molecule has 0 aliphatic rings. The van der Waals surface area contributed by atoms with Gasteiger partial charge in [-0.1, -0.05) is 23.5 Å². The highest BCUT2D eigenvalue weighted by Crippen LogP contribution is 2.28. The highest BCUT2D eigenvalue weighted by molar-refractivity contribution is 7.15. The number of aryl methyl sites for hydroxylation is 1. The van der Waals surface area contributed by atoms with Gasteiger partial charge in [-0.3, -0.25) is 4.79 Å². The maximum atomic E-state index is 12.5. The van der Waals surface area contributed by atoms with Gasteiger partial charge in [-0.2, -0.15) is 9.50 Å². The number of methoxy groups -OCH3 is 2. The first-order valence-corrected chi connectivity index (χ1v) is 9.27. The van der Waals surface area contributed by atoms with Gasteiger partial charge in [0.05, 0.1) is 14.2 Å². The summed E-state index contributed by atoms with van der Waals surface area (Å²) in [6.45, 7) is 1.86. The molecular weight excluding hydrogens is 378 g/mol. The Hall–Kier alpha value is -3.39. The number of fused-ring (bicyclic) bond motifs is 1. The molecule has 0 atom stereocenters. The molecule has 3 heterocycles. The molecule has 0 fully saturated rings. The topological polar surface area (TPSA) is 78.9 Å². The van der Waals surface area contributed by atoms with E-state index in [9.17, 15) is 4.79 Å². The van der Waals surface area contributed by atoms with Crippen LogP contribution in [-0.2, 0) is 0 Å². The van der Waals surface area contributed by atoms with Crippen molar-refractivity contribution in [3.8, 4) is 11.5 Å². The molecule has 142 valence electrons. The zero-order valence-electron chi connectivity index (χ0n) is 15.5. The molecule has 0 unspecified atom stereocenters. The highest BCUT2D eigenvalue weighted by atomic mass is 32.1. The molecule has 0 saturated heterocycles. The monoisotopic (exact) mass is 395 g/mol. The number of hydrogen-bond donors (Lipinski definition) is 0. The fourth-order valence-corrected chi connectivity index (χ4v) is 3.60. The number of aromatic nitrogens is 3. The Kier molecular flexibility index (Phi) is 4.70. The second-order valence-corrected chi connectivity index (χ2v) is 6.99. The van der Waals surface area contributed by atoms with E-state index in [1.165, 1.54) is 15.9 Å². The third-order valence-corrected chi connectivity index (χ3v) is 5.02. The zero-order chi connectivity index (χ0) is 19.7. The van der Waals surface area contributed by atoms with E-state index in [-0.39, 0.29) is 5.56 Å². The number of hydrogen-bond acceptors (Lipinski definition) is 7. The lowest BCUT2D eigenvalue weighted by Crippen LogP contribution is -2.23. The molecule has 0 aliphatic heterocycles. The number of nitrogens with zero attached hydrogens (tertiary/aromatic N) is 3. The molecular formula is C20H17N3O4S. The predicted molar refractivity (Wildman–Crippen MR) is 108 cm³/mol. The smallest absolute Gasteiger partial charge is 0.291 e. The summed E-state index contributed by atoms with van der Waals surface area (Å²) in [4.78, 5) is 17.5. The Morgan fingerprint density at radius 2 is 1.93 bits per heavy atom. The summed E-state index contributed by atoms with van der Waals surface area (Å²) < 4.78 is 17.9. The van der Waals surface area contributed by atoms with Crippen LogP contribution in [0.25, 0.3) is 23.2 Å². The van der Waals surface area contributed by atoms with Crippen molar-refractivity contribution in [2.75, 3.05) is 14.2 Å². The highest BCUT2D eigenvalue weighted by Gasteiger charge is 2.09. The largest absolute Gasteiger partial charge is 0.493 e. The van der Waals surface area contributed by atoms with E-state index in [1.54, 1.807) is 26.4 Å². The molecule has 0 radical (unpaired) electrons. The molecule has 4 aromatic rings. The Balaban J connectivity index is 1.63. The number of rotatable bonds is 5. The summed E-state index contributed by atoms with van der Waals surface area (Å²) in [5, 5.41) is 4.28. The van der Waals surface area contributed by atoms with Crippen LogP contribution in [0.2, 0.25) is 0 Å². The third kappa shape index (κ3) is 3.41. The van der Waals surface area contributed by atoms with E-state index < -0.39 is 0 Å². The molecule has 0 bridgehead atoms. The Bertz CT molecular complexity index is 1280. The molecule has 7 nitrogen and oxygen atoms in total. The molecule has 0 aliphatic carbocycles. The molecule has 0 amide bonds. The van der Waals surface area contributed by atoms with Crippen molar-refractivity contribution < 1.29 is 13.9 Å². The van der Waals surface area contributed by atoms with Crippen LogP contribution < -0.4 is 19.6 Å². The van der Waals surface area contributed by atoms with Crippen LogP contribution in [0.15, 0.2) is 39.5 Å². The van der Waals surface area contributed by atoms with E-state index in [1.807, 2.05) is 43.3 Å². The number of furan rings is 1. The van der Waals surface area contributed by atoms with Crippen LogP contribution in [0.3, 0.4) is 0 Å². The molecule has 28 heavy (non-hydrogen) atoms. The average molecular weight is 395 g/mol. The van der Waals surface area contributed by atoms with Crippen molar-refractivity contribution in [3.05, 3.63) is 68.1 Å².